The lowest BCUT2D eigenvalue weighted by molar-refractivity contribution is -0.141. The van der Waals surface area contributed by atoms with E-state index >= 15 is 0 Å². The highest BCUT2D eigenvalue weighted by Crippen LogP contribution is 2.27. The fourth-order valence-corrected chi connectivity index (χ4v) is 3.19. The van der Waals surface area contributed by atoms with Crippen molar-refractivity contribution in [1.29, 1.82) is 0 Å². The van der Waals surface area contributed by atoms with Crippen LogP contribution in [0.3, 0.4) is 0 Å². The fraction of sp³-hybridized carbons (Fsp3) is 0.357. The number of aliphatic carboxylic acids is 1. The summed E-state index contributed by atoms with van der Waals surface area (Å²) in [7, 11) is 0. The standard InChI is InChI=1S/C14H14N2O4S/c17-13(15-9-4-3-8(6-9)14(18)19)10-7-11(20-16-10)12-2-1-5-21-12/h1-2,5,7-9H,3-4,6H2,(H,15,17)(H,18,19)/t8-,9+/m1/s1. The number of nitrogens with zero attached hydrogens (tertiary/aromatic N) is 1. The third-order valence-corrected chi connectivity index (χ3v) is 4.51. The third kappa shape index (κ3) is 2.97. The molecule has 2 aromatic heterocycles. The van der Waals surface area contributed by atoms with Gasteiger partial charge in [0.05, 0.1) is 10.8 Å². The zero-order chi connectivity index (χ0) is 14.8. The van der Waals surface area contributed by atoms with Crippen LogP contribution in [0.2, 0.25) is 0 Å². The van der Waals surface area contributed by atoms with Crippen LogP contribution in [0.5, 0.6) is 0 Å². The number of hydrogen-bond donors (Lipinski definition) is 2. The number of carbonyl (C=O) groups excluding carboxylic acids is 1. The van der Waals surface area contributed by atoms with Crippen molar-refractivity contribution < 1.29 is 19.2 Å². The molecular weight excluding hydrogens is 292 g/mol. The van der Waals surface area contributed by atoms with Crippen molar-refractivity contribution >= 4 is 23.2 Å². The smallest absolute Gasteiger partial charge is 0.306 e. The van der Waals surface area contributed by atoms with Crippen molar-refractivity contribution in [3.63, 3.8) is 0 Å². The van der Waals surface area contributed by atoms with Gasteiger partial charge in [-0.15, -0.1) is 11.3 Å². The lowest BCUT2D eigenvalue weighted by Crippen LogP contribution is -2.33. The molecule has 0 saturated heterocycles. The number of carboxylic acid groups (broad SMARTS) is 1. The minimum Gasteiger partial charge on any atom is -0.481 e. The predicted molar refractivity (Wildman–Crippen MR) is 76.0 cm³/mol. The highest BCUT2D eigenvalue weighted by atomic mass is 32.1. The van der Waals surface area contributed by atoms with Crippen LogP contribution in [0.1, 0.15) is 29.8 Å². The molecule has 3 rings (SSSR count). The number of amides is 1. The molecule has 7 heteroatoms. The van der Waals surface area contributed by atoms with Crippen LogP contribution in [0.25, 0.3) is 10.6 Å². The Bertz CT molecular complexity index is 650. The number of hydrogen-bond acceptors (Lipinski definition) is 5. The quantitative estimate of drug-likeness (QED) is 0.904. The molecule has 6 nitrogen and oxygen atoms in total. The van der Waals surface area contributed by atoms with Crippen LogP contribution in [0, 0.1) is 5.92 Å². The summed E-state index contributed by atoms with van der Waals surface area (Å²) in [5.74, 6) is -0.926. The molecule has 21 heavy (non-hydrogen) atoms. The van der Waals surface area contributed by atoms with Crippen molar-refractivity contribution in [2.75, 3.05) is 0 Å². The molecule has 2 atom stereocenters. The molecule has 1 aliphatic rings. The SMILES string of the molecule is O=C(N[C@H]1CC[C@@H](C(=O)O)C1)c1cc(-c2cccs2)on1. The van der Waals surface area contributed by atoms with Gasteiger partial charge in [-0.25, -0.2) is 0 Å². The van der Waals surface area contributed by atoms with Gasteiger partial charge >= 0.3 is 5.97 Å². The Kier molecular flexibility index (Phi) is 3.74. The summed E-state index contributed by atoms with van der Waals surface area (Å²) >= 11 is 1.51. The van der Waals surface area contributed by atoms with E-state index < -0.39 is 5.97 Å². The van der Waals surface area contributed by atoms with Gasteiger partial charge in [0.25, 0.3) is 5.91 Å². The van der Waals surface area contributed by atoms with Gasteiger partial charge in [0, 0.05) is 12.1 Å². The van der Waals surface area contributed by atoms with Crippen molar-refractivity contribution in [1.82, 2.24) is 10.5 Å². The van der Waals surface area contributed by atoms with Crippen molar-refractivity contribution in [2.45, 2.75) is 25.3 Å². The molecule has 2 heterocycles. The topological polar surface area (TPSA) is 92.4 Å². The largest absolute Gasteiger partial charge is 0.481 e. The van der Waals surface area contributed by atoms with E-state index in [0.717, 1.165) is 4.88 Å². The zero-order valence-electron chi connectivity index (χ0n) is 11.1. The molecule has 0 spiro atoms. The number of thiophene rings is 1. The Labute approximate surface area is 124 Å². The summed E-state index contributed by atoms with van der Waals surface area (Å²) in [5, 5.41) is 17.5. The normalized spacial score (nSPS) is 21.3. The molecule has 0 radical (unpaired) electrons. The Balaban J connectivity index is 1.63. The highest BCUT2D eigenvalue weighted by Gasteiger charge is 2.31. The predicted octanol–water partition coefficient (Wildman–Crippen LogP) is 2.39. The van der Waals surface area contributed by atoms with Crippen LogP contribution in [0.15, 0.2) is 28.1 Å². The molecule has 0 aromatic carbocycles. The molecule has 2 aromatic rings. The molecule has 0 aliphatic heterocycles. The van der Waals surface area contributed by atoms with E-state index in [0.29, 0.717) is 25.0 Å². The number of carbonyl (C=O) groups is 2. The first-order valence-electron chi connectivity index (χ1n) is 6.68. The Morgan fingerprint density at radius 3 is 2.95 bits per heavy atom. The maximum atomic E-state index is 12.1. The van der Waals surface area contributed by atoms with Gasteiger partial charge in [0.1, 0.15) is 0 Å². The fourth-order valence-electron chi connectivity index (χ4n) is 2.51. The van der Waals surface area contributed by atoms with Gasteiger partial charge in [-0.1, -0.05) is 11.2 Å². The van der Waals surface area contributed by atoms with E-state index in [1.165, 1.54) is 11.3 Å². The molecule has 1 aliphatic carbocycles. The van der Waals surface area contributed by atoms with Gasteiger partial charge in [-0.3, -0.25) is 9.59 Å². The van der Waals surface area contributed by atoms with Gasteiger partial charge in [-0.2, -0.15) is 0 Å². The van der Waals surface area contributed by atoms with Crippen LogP contribution in [-0.4, -0.2) is 28.2 Å². The van der Waals surface area contributed by atoms with Crippen LogP contribution in [-0.2, 0) is 4.79 Å². The second-order valence-corrected chi connectivity index (χ2v) is 6.02. The molecule has 1 fully saturated rings. The van der Waals surface area contributed by atoms with E-state index in [2.05, 4.69) is 10.5 Å². The van der Waals surface area contributed by atoms with Crippen molar-refractivity contribution in [2.24, 2.45) is 5.92 Å². The molecule has 2 N–H and O–H groups in total. The maximum Gasteiger partial charge on any atom is 0.306 e. The molecule has 110 valence electrons. The molecule has 1 saturated carbocycles. The minimum absolute atomic E-state index is 0.111. The molecule has 1 amide bonds. The number of carboxylic acids is 1. The Morgan fingerprint density at radius 1 is 1.43 bits per heavy atom. The number of nitrogens with one attached hydrogen (secondary N) is 1. The summed E-state index contributed by atoms with van der Waals surface area (Å²) < 4.78 is 5.16. The Morgan fingerprint density at radius 2 is 2.29 bits per heavy atom. The first kappa shape index (κ1) is 13.8. The zero-order valence-corrected chi connectivity index (χ0v) is 11.9. The van der Waals surface area contributed by atoms with Crippen molar-refractivity contribution in [3.05, 3.63) is 29.3 Å². The average Bonchev–Trinajstić information content (AvgIpc) is 3.19. The second kappa shape index (κ2) is 5.69. The van der Waals surface area contributed by atoms with E-state index in [9.17, 15) is 9.59 Å². The molecule has 0 unspecified atom stereocenters. The second-order valence-electron chi connectivity index (χ2n) is 5.07. The van der Waals surface area contributed by atoms with Crippen molar-refractivity contribution in [3.8, 4) is 10.6 Å². The molecule has 0 bridgehead atoms. The third-order valence-electron chi connectivity index (χ3n) is 3.62. The van der Waals surface area contributed by atoms with Gasteiger partial charge in [0.2, 0.25) is 0 Å². The van der Waals surface area contributed by atoms with E-state index in [1.54, 1.807) is 6.07 Å². The number of rotatable bonds is 4. The Hall–Kier alpha value is -2.15. The summed E-state index contributed by atoms with van der Waals surface area (Å²) in [6.07, 6.45) is 1.74. The van der Waals surface area contributed by atoms with Gasteiger partial charge in [-0.05, 0) is 30.7 Å². The molecular formula is C14H14N2O4S. The lowest BCUT2D eigenvalue weighted by atomic mass is 10.1. The van der Waals surface area contributed by atoms with Gasteiger partial charge < -0.3 is 14.9 Å². The summed E-state index contributed by atoms with van der Waals surface area (Å²) in [5.41, 5.74) is 0.220. The van der Waals surface area contributed by atoms with Crippen LogP contribution in [0.4, 0.5) is 0 Å². The summed E-state index contributed by atoms with van der Waals surface area (Å²) in [4.78, 5) is 23.9. The van der Waals surface area contributed by atoms with E-state index in [1.807, 2.05) is 17.5 Å². The van der Waals surface area contributed by atoms with Gasteiger partial charge in [0.15, 0.2) is 11.5 Å². The highest BCUT2D eigenvalue weighted by molar-refractivity contribution is 7.13. The van der Waals surface area contributed by atoms with Crippen LogP contribution >= 0.6 is 11.3 Å². The average molecular weight is 306 g/mol. The lowest BCUT2D eigenvalue weighted by Gasteiger charge is -2.10. The first-order chi connectivity index (χ1) is 10.1. The van der Waals surface area contributed by atoms with E-state index in [4.69, 9.17) is 9.63 Å². The number of aromatic nitrogens is 1. The monoisotopic (exact) mass is 306 g/mol. The first-order valence-corrected chi connectivity index (χ1v) is 7.55. The van der Waals surface area contributed by atoms with E-state index in [-0.39, 0.29) is 23.6 Å². The van der Waals surface area contributed by atoms with Crippen LogP contribution < -0.4 is 5.32 Å². The summed E-state index contributed by atoms with van der Waals surface area (Å²) in [6.45, 7) is 0. The maximum absolute atomic E-state index is 12.1. The minimum atomic E-state index is -0.798. The summed E-state index contributed by atoms with van der Waals surface area (Å²) in [6, 6.07) is 5.28.